The van der Waals surface area contributed by atoms with Crippen LogP contribution < -0.4 is 0 Å². The number of hydrogen-bond donors (Lipinski definition) is 0. The Labute approximate surface area is 48.6 Å². The molecular weight excluding hydrogens is 178 g/mol. The van der Waals surface area contributed by atoms with Crippen molar-refractivity contribution in [3.05, 3.63) is 0 Å². The van der Waals surface area contributed by atoms with Crippen molar-refractivity contribution in [3.8, 4) is 0 Å². The summed E-state index contributed by atoms with van der Waals surface area (Å²) >= 11 is 3.45. The molecule has 5 heteroatoms. The Balaban J connectivity index is 2.54. The molecule has 0 aromatic carbocycles. The van der Waals surface area contributed by atoms with Gasteiger partial charge in [0.2, 0.25) is 0 Å². The lowest BCUT2D eigenvalue weighted by atomic mass is 13.8. The minimum Gasteiger partial charge on any atom is -0.379 e. The highest BCUT2D eigenvalue weighted by Crippen LogP contribution is 1.71. The van der Waals surface area contributed by atoms with E-state index in [-0.39, 0.29) is 8.30 Å². The van der Waals surface area contributed by atoms with Crippen molar-refractivity contribution in [3.63, 3.8) is 0 Å². The van der Waals surface area contributed by atoms with E-state index in [1.165, 1.54) is 20.8 Å². The van der Waals surface area contributed by atoms with E-state index in [0.717, 1.165) is 0 Å². The molecule has 0 fully saturated rings. The van der Waals surface area contributed by atoms with Gasteiger partial charge in [-0.05, 0) is 0 Å². The average molecular weight is 186 g/mol. The first-order valence-electron chi connectivity index (χ1n) is 1.48. The molecular formula is H8BrNSi3. The number of halogens is 1. The summed E-state index contributed by atoms with van der Waals surface area (Å²) in [6, 6.07) is 0. The van der Waals surface area contributed by atoms with Crippen LogP contribution in [0.3, 0.4) is 0 Å². The van der Waals surface area contributed by atoms with Gasteiger partial charge in [-0.3, -0.25) is 0 Å². The van der Waals surface area contributed by atoms with Gasteiger partial charge in [0, 0.05) is 0 Å². The second-order valence-electron chi connectivity index (χ2n) is 1.20. The molecule has 32 valence electrons. The maximum absolute atomic E-state index is 3.45. The zero-order valence-electron chi connectivity index (χ0n) is 3.53. The molecule has 0 rings (SSSR count). The fourth-order valence-electron chi connectivity index (χ4n) is 0. The topological polar surface area (TPSA) is 3.24 Å². The molecule has 0 N–H and O–H groups in total. The van der Waals surface area contributed by atoms with Gasteiger partial charge < -0.3 is 3.90 Å². The zero-order valence-corrected chi connectivity index (χ0v) is 10.5. The van der Waals surface area contributed by atoms with Gasteiger partial charge in [-0.25, -0.2) is 0 Å². The molecule has 0 saturated carbocycles. The monoisotopic (exact) mass is 185 g/mol. The molecule has 0 heterocycles. The number of hydrogen-bond acceptors (Lipinski definition) is 1. The summed E-state index contributed by atoms with van der Waals surface area (Å²) in [6.45, 7) is 0. The minimum atomic E-state index is 0.118. The smallest absolute Gasteiger partial charge is 0.156 e. The van der Waals surface area contributed by atoms with Crippen LogP contribution in [0.5, 0.6) is 0 Å². The van der Waals surface area contributed by atoms with Crippen LogP contribution >= 0.6 is 15.3 Å². The van der Waals surface area contributed by atoms with Crippen molar-refractivity contribution >= 4 is 44.4 Å². The first kappa shape index (κ1) is 6.09. The summed E-state index contributed by atoms with van der Waals surface area (Å²) in [7, 11) is 2.68. The van der Waals surface area contributed by atoms with E-state index in [4.69, 9.17) is 0 Å². The van der Waals surface area contributed by atoms with E-state index in [0.29, 0.717) is 0 Å². The quantitative estimate of drug-likeness (QED) is 0.317. The Morgan fingerprint density at radius 1 is 1.60 bits per heavy atom. The lowest BCUT2D eigenvalue weighted by Crippen LogP contribution is -2.15. The van der Waals surface area contributed by atoms with E-state index in [9.17, 15) is 0 Å². The van der Waals surface area contributed by atoms with E-state index in [2.05, 4.69) is 19.2 Å². The Kier molecular flexibility index (Phi) is 4.00. The maximum atomic E-state index is 3.45. The molecule has 0 aromatic rings. The summed E-state index contributed by atoms with van der Waals surface area (Å²) in [5, 5.41) is 0. The van der Waals surface area contributed by atoms with Gasteiger partial charge in [-0.2, -0.15) is 0 Å². The van der Waals surface area contributed by atoms with Crippen molar-refractivity contribution in [2.45, 2.75) is 0 Å². The predicted molar refractivity (Wildman–Crippen MR) is 39.2 cm³/mol. The molecule has 0 unspecified atom stereocenters. The summed E-state index contributed by atoms with van der Waals surface area (Å²) in [4.78, 5) is 0. The molecule has 0 aliphatic rings. The van der Waals surface area contributed by atoms with Gasteiger partial charge in [0.25, 0.3) is 0 Å². The van der Waals surface area contributed by atoms with Crippen LogP contribution in [-0.2, 0) is 0 Å². The third-order valence-electron chi connectivity index (χ3n) is 0.239. The predicted octanol–water partition coefficient (Wildman–Crippen LogP) is -2.76. The van der Waals surface area contributed by atoms with Gasteiger partial charge in [-0.15, -0.1) is 15.3 Å². The fourth-order valence-corrected chi connectivity index (χ4v) is 0. The molecule has 1 nitrogen and oxygen atoms in total. The number of rotatable bonds is 1. The van der Waals surface area contributed by atoms with Crippen LogP contribution in [0.25, 0.3) is 0 Å². The van der Waals surface area contributed by atoms with Crippen molar-refractivity contribution in [2.75, 3.05) is 0 Å². The van der Waals surface area contributed by atoms with Crippen LogP contribution in [0.2, 0.25) is 0 Å². The highest BCUT2D eigenvalue weighted by molar-refractivity contribution is 9.23. The Morgan fingerprint density at radius 3 is 1.80 bits per heavy atom. The highest BCUT2D eigenvalue weighted by atomic mass is 79.9. The van der Waals surface area contributed by atoms with Gasteiger partial charge in [0.05, 0.1) is 20.8 Å². The Morgan fingerprint density at radius 2 is 1.80 bits per heavy atom. The molecule has 0 aliphatic heterocycles. The molecule has 0 bridgehead atoms. The lowest BCUT2D eigenvalue weighted by molar-refractivity contribution is 1.18. The zero-order chi connectivity index (χ0) is 4.28. The van der Waals surface area contributed by atoms with E-state index >= 15 is 0 Å². The first-order chi connectivity index (χ1) is 2.27. The fraction of sp³-hybridized carbons (Fsp3) is 0. The SMILES string of the molecule is [SiH3]N([SiH3])[SiH2]Br. The molecule has 0 aliphatic carbocycles. The molecule has 0 amide bonds. The lowest BCUT2D eigenvalue weighted by Gasteiger charge is -1.98. The summed E-state index contributed by atoms with van der Waals surface area (Å²) in [6.07, 6.45) is 0. The number of nitrogens with zero attached hydrogens (tertiary/aromatic N) is 1. The van der Waals surface area contributed by atoms with Crippen molar-refractivity contribution in [2.24, 2.45) is 0 Å². The molecule has 0 radical (unpaired) electrons. The molecule has 0 saturated heterocycles. The van der Waals surface area contributed by atoms with E-state index < -0.39 is 0 Å². The van der Waals surface area contributed by atoms with Crippen LogP contribution in [0.4, 0.5) is 0 Å². The Hall–Kier alpha value is 1.09. The van der Waals surface area contributed by atoms with Gasteiger partial charge in [-0.1, -0.05) is 0 Å². The summed E-state index contributed by atoms with van der Waals surface area (Å²) < 4.78 is 2.46. The van der Waals surface area contributed by atoms with Crippen LogP contribution in [0.15, 0.2) is 0 Å². The van der Waals surface area contributed by atoms with Crippen molar-refractivity contribution in [1.29, 1.82) is 0 Å². The highest BCUT2D eigenvalue weighted by Gasteiger charge is 1.75. The largest absolute Gasteiger partial charge is 0.379 e. The Bertz CT molecular complexity index is 20.9. The maximum Gasteiger partial charge on any atom is 0.156 e. The first-order valence-corrected chi connectivity index (χ1v) is 7.80. The van der Waals surface area contributed by atoms with Crippen LogP contribution in [0, 0.1) is 0 Å². The minimum absolute atomic E-state index is 0.118. The van der Waals surface area contributed by atoms with E-state index in [1.54, 1.807) is 0 Å². The standard InChI is InChI=1S/BrH8NSi3/c1-5-2(3)4/h5H2,3-4H3. The molecule has 0 spiro atoms. The summed E-state index contributed by atoms with van der Waals surface area (Å²) in [5.74, 6) is 0. The van der Waals surface area contributed by atoms with Crippen LogP contribution in [-0.4, -0.2) is 33.0 Å². The molecule has 5 heavy (non-hydrogen) atoms. The van der Waals surface area contributed by atoms with Gasteiger partial charge in [0.1, 0.15) is 0 Å². The second kappa shape index (κ2) is 3.29. The van der Waals surface area contributed by atoms with Gasteiger partial charge in [0.15, 0.2) is 8.30 Å². The normalized spacial score (nSPS) is 13.2. The molecule has 0 atom stereocenters. The summed E-state index contributed by atoms with van der Waals surface area (Å²) in [5.41, 5.74) is 0. The molecule has 0 aromatic heterocycles. The third kappa shape index (κ3) is 5.09. The second-order valence-corrected chi connectivity index (χ2v) is 11.6. The van der Waals surface area contributed by atoms with Crippen molar-refractivity contribution < 1.29 is 0 Å². The average Bonchev–Trinajstić information content (AvgIpc) is 1.38. The van der Waals surface area contributed by atoms with Crippen molar-refractivity contribution in [1.82, 2.24) is 3.90 Å². The van der Waals surface area contributed by atoms with Crippen LogP contribution in [0.1, 0.15) is 0 Å². The third-order valence-corrected chi connectivity index (χ3v) is 11.2. The van der Waals surface area contributed by atoms with E-state index in [1.807, 2.05) is 0 Å². The van der Waals surface area contributed by atoms with Gasteiger partial charge >= 0.3 is 0 Å².